The first-order valence-electron chi connectivity index (χ1n) is 11.7. The van der Waals surface area contributed by atoms with Crippen molar-refractivity contribution in [2.75, 3.05) is 20.8 Å². The SMILES string of the molecule is COCc1c2c3c(c(C(=O)OC(C)(C)C)c1C(=O)OC(C)(C)C)COCCCC(OC)(C3)OC2. The van der Waals surface area contributed by atoms with Gasteiger partial charge in [-0.1, -0.05) is 0 Å². The van der Waals surface area contributed by atoms with Gasteiger partial charge in [0.2, 0.25) is 0 Å². The Balaban J connectivity index is 2.35. The molecule has 2 bridgehead atoms. The van der Waals surface area contributed by atoms with Crippen molar-refractivity contribution in [3.05, 3.63) is 33.4 Å². The van der Waals surface area contributed by atoms with Crippen molar-refractivity contribution >= 4 is 11.9 Å². The first-order chi connectivity index (χ1) is 15.8. The number of methoxy groups -OCH3 is 2. The lowest BCUT2D eigenvalue weighted by Crippen LogP contribution is -2.42. The van der Waals surface area contributed by atoms with E-state index >= 15 is 0 Å². The number of esters is 2. The van der Waals surface area contributed by atoms with E-state index in [0.29, 0.717) is 30.6 Å². The molecule has 0 amide bonds. The van der Waals surface area contributed by atoms with Crippen molar-refractivity contribution in [2.24, 2.45) is 0 Å². The summed E-state index contributed by atoms with van der Waals surface area (Å²) in [6, 6.07) is 0. The molecule has 2 heterocycles. The normalized spacial score (nSPS) is 20.7. The minimum absolute atomic E-state index is 0.108. The van der Waals surface area contributed by atoms with E-state index in [9.17, 15) is 9.59 Å². The Labute approximate surface area is 202 Å². The fourth-order valence-corrected chi connectivity index (χ4v) is 4.46. The highest BCUT2D eigenvalue weighted by Gasteiger charge is 2.42. The van der Waals surface area contributed by atoms with Crippen LogP contribution in [0.15, 0.2) is 0 Å². The molecule has 3 rings (SSSR count). The molecule has 0 saturated heterocycles. The molecule has 0 aliphatic carbocycles. The van der Waals surface area contributed by atoms with Gasteiger partial charge in [0, 0.05) is 33.7 Å². The van der Waals surface area contributed by atoms with E-state index in [0.717, 1.165) is 17.5 Å². The largest absolute Gasteiger partial charge is 0.456 e. The summed E-state index contributed by atoms with van der Waals surface area (Å²) >= 11 is 0. The number of hydrogen-bond donors (Lipinski definition) is 0. The second-order valence-corrected chi connectivity index (χ2v) is 10.8. The van der Waals surface area contributed by atoms with Crippen molar-refractivity contribution in [3.8, 4) is 0 Å². The van der Waals surface area contributed by atoms with Gasteiger partial charge >= 0.3 is 11.9 Å². The van der Waals surface area contributed by atoms with Crippen molar-refractivity contribution in [3.63, 3.8) is 0 Å². The molecule has 0 fully saturated rings. The van der Waals surface area contributed by atoms with E-state index < -0.39 is 28.9 Å². The highest BCUT2D eigenvalue weighted by atomic mass is 16.7. The van der Waals surface area contributed by atoms with E-state index in [1.54, 1.807) is 55.8 Å². The maximum absolute atomic E-state index is 13.6. The number of carbonyl (C=O) groups is 2. The van der Waals surface area contributed by atoms with Crippen LogP contribution in [0, 0.1) is 0 Å². The van der Waals surface area contributed by atoms with Gasteiger partial charge < -0.3 is 28.4 Å². The van der Waals surface area contributed by atoms with E-state index in [1.165, 1.54) is 0 Å². The number of ether oxygens (including phenoxy) is 6. The van der Waals surface area contributed by atoms with Crippen LogP contribution in [0.2, 0.25) is 0 Å². The Morgan fingerprint density at radius 3 is 2.06 bits per heavy atom. The van der Waals surface area contributed by atoms with Crippen LogP contribution in [0.5, 0.6) is 0 Å². The molecule has 0 saturated carbocycles. The Kier molecular flexibility index (Phi) is 7.77. The second-order valence-electron chi connectivity index (χ2n) is 10.8. The lowest BCUT2D eigenvalue weighted by molar-refractivity contribution is -0.240. The van der Waals surface area contributed by atoms with Crippen LogP contribution < -0.4 is 0 Å². The summed E-state index contributed by atoms with van der Waals surface area (Å²) in [6.07, 6.45) is 1.82. The van der Waals surface area contributed by atoms with Crippen LogP contribution in [0.3, 0.4) is 0 Å². The first kappa shape index (κ1) is 26.6. The Hall–Kier alpha value is -2.00. The molecule has 34 heavy (non-hydrogen) atoms. The van der Waals surface area contributed by atoms with E-state index in [2.05, 4.69) is 0 Å². The quantitative estimate of drug-likeness (QED) is 0.573. The molecule has 1 aromatic carbocycles. The maximum atomic E-state index is 13.6. The first-order valence-corrected chi connectivity index (χ1v) is 11.7. The molecule has 8 nitrogen and oxygen atoms in total. The molecular weight excluding hydrogens is 440 g/mol. The molecule has 8 heteroatoms. The van der Waals surface area contributed by atoms with Gasteiger partial charge in [0.25, 0.3) is 0 Å². The zero-order valence-corrected chi connectivity index (χ0v) is 21.7. The van der Waals surface area contributed by atoms with Gasteiger partial charge in [-0.2, -0.15) is 0 Å². The molecule has 0 spiro atoms. The number of fused-ring (bicyclic) bond motifs is 1. The van der Waals surface area contributed by atoms with E-state index in [4.69, 9.17) is 28.4 Å². The predicted molar refractivity (Wildman–Crippen MR) is 125 cm³/mol. The Morgan fingerprint density at radius 1 is 0.882 bits per heavy atom. The lowest BCUT2D eigenvalue weighted by Gasteiger charge is -2.39. The van der Waals surface area contributed by atoms with Crippen molar-refractivity contribution in [2.45, 2.75) is 97.6 Å². The summed E-state index contributed by atoms with van der Waals surface area (Å²) in [7, 11) is 3.18. The average molecular weight is 479 g/mol. The van der Waals surface area contributed by atoms with E-state index in [1.807, 2.05) is 0 Å². The van der Waals surface area contributed by atoms with Crippen molar-refractivity contribution < 1.29 is 38.0 Å². The molecule has 1 atom stereocenters. The van der Waals surface area contributed by atoms with Crippen LogP contribution in [-0.4, -0.2) is 49.8 Å². The third kappa shape index (κ3) is 5.79. The Morgan fingerprint density at radius 2 is 1.50 bits per heavy atom. The minimum atomic E-state index is -0.821. The molecule has 0 N–H and O–H groups in total. The zero-order chi connectivity index (χ0) is 25.3. The van der Waals surface area contributed by atoms with Gasteiger partial charge in [-0.3, -0.25) is 0 Å². The monoisotopic (exact) mass is 478 g/mol. The van der Waals surface area contributed by atoms with Crippen molar-refractivity contribution in [1.29, 1.82) is 0 Å². The third-order valence-corrected chi connectivity index (χ3v) is 5.83. The van der Waals surface area contributed by atoms with Crippen LogP contribution in [0.1, 0.15) is 97.4 Å². The molecule has 2 aliphatic heterocycles. The van der Waals surface area contributed by atoms with Crippen LogP contribution in [0.25, 0.3) is 0 Å². The average Bonchev–Trinajstić information content (AvgIpc) is 2.78. The summed E-state index contributed by atoms with van der Waals surface area (Å²) in [4.78, 5) is 27.2. The highest BCUT2D eigenvalue weighted by Crippen LogP contribution is 2.41. The standard InChI is InChI=1S/C26H38O8/c1-24(2,3)33-22(27)20-18(13-29-7)17-15-32-26(30-8)10-9-11-31-14-19(16(17)12-26)21(20)23(28)34-25(4,5)6/h9-15H2,1-8H3. The maximum Gasteiger partial charge on any atom is 0.339 e. The summed E-state index contributed by atoms with van der Waals surface area (Å²) in [6.45, 7) is 11.7. The smallest absolute Gasteiger partial charge is 0.339 e. The zero-order valence-electron chi connectivity index (χ0n) is 21.7. The minimum Gasteiger partial charge on any atom is -0.456 e. The molecule has 0 radical (unpaired) electrons. The number of benzene rings is 1. The summed E-state index contributed by atoms with van der Waals surface area (Å²) in [5, 5.41) is 0. The molecule has 0 aromatic heterocycles. The highest BCUT2D eigenvalue weighted by molar-refractivity contribution is 6.06. The predicted octanol–water partition coefficient (Wildman–Crippen LogP) is 4.47. The second kappa shape index (κ2) is 9.93. The molecule has 1 unspecified atom stereocenters. The number of carbonyl (C=O) groups excluding carboxylic acids is 2. The molecular formula is C26H38O8. The van der Waals surface area contributed by atoms with Gasteiger partial charge in [-0.15, -0.1) is 0 Å². The van der Waals surface area contributed by atoms with E-state index in [-0.39, 0.29) is 30.9 Å². The Bertz CT molecular complexity index is 938. The lowest BCUT2D eigenvalue weighted by atomic mass is 9.82. The summed E-state index contributed by atoms with van der Waals surface area (Å²) in [5.74, 6) is -2.03. The van der Waals surface area contributed by atoms with Crippen molar-refractivity contribution in [1.82, 2.24) is 0 Å². The van der Waals surface area contributed by atoms with Gasteiger partial charge in [-0.05, 0) is 70.2 Å². The molecule has 190 valence electrons. The number of hydrogen-bond acceptors (Lipinski definition) is 8. The topological polar surface area (TPSA) is 89.5 Å². The fraction of sp³-hybridized carbons (Fsp3) is 0.692. The molecule has 2 aliphatic rings. The summed E-state index contributed by atoms with van der Waals surface area (Å²) in [5.41, 5.74) is 1.68. The van der Waals surface area contributed by atoms with Gasteiger partial charge in [0.15, 0.2) is 5.79 Å². The van der Waals surface area contributed by atoms with Gasteiger partial charge in [0.05, 0.1) is 30.9 Å². The van der Waals surface area contributed by atoms with Crippen LogP contribution in [0.4, 0.5) is 0 Å². The third-order valence-electron chi connectivity index (χ3n) is 5.83. The van der Waals surface area contributed by atoms with Crippen LogP contribution in [-0.2, 0) is 54.7 Å². The summed E-state index contributed by atoms with van der Waals surface area (Å²) < 4.78 is 35.0. The fourth-order valence-electron chi connectivity index (χ4n) is 4.46. The molecule has 1 aromatic rings. The van der Waals surface area contributed by atoms with Gasteiger partial charge in [0.1, 0.15) is 11.2 Å². The van der Waals surface area contributed by atoms with Gasteiger partial charge in [-0.25, -0.2) is 9.59 Å². The number of rotatable bonds is 5. The van der Waals surface area contributed by atoms with Crippen LogP contribution >= 0.6 is 0 Å².